The van der Waals surface area contributed by atoms with Crippen molar-refractivity contribution < 1.29 is 14.3 Å². The van der Waals surface area contributed by atoms with E-state index in [4.69, 9.17) is 16.3 Å². The fraction of sp³-hybridized carbons (Fsp3) is 0.211. The minimum absolute atomic E-state index is 0.0146. The molecule has 0 fully saturated rings. The number of nitrogens with zero attached hydrogens (tertiary/aromatic N) is 1. The monoisotopic (exact) mass is 373 g/mol. The van der Waals surface area contributed by atoms with Crippen molar-refractivity contribution in [2.24, 2.45) is 5.10 Å². The molecular formula is C19H20ClN3O3. The van der Waals surface area contributed by atoms with Crippen LogP contribution in [0, 0.1) is 0 Å². The van der Waals surface area contributed by atoms with Crippen molar-refractivity contribution >= 4 is 35.3 Å². The highest BCUT2D eigenvalue weighted by Crippen LogP contribution is 2.20. The lowest BCUT2D eigenvalue weighted by Crippen LogP contribution is -2.20. The zero-order valence-electron chi connectivity index (χ0n) is 14.4. The van der Waals surface area contributed by atoms with E-state index in [-0.39, 0.29) is 24.7 Å². The second-order valence-corrected chi connectivity index (χ2v) is 5.70. The number of hydrazone groups is 1. The molecule has 0 saturated carbocycles. The Morgan fingerprint density at radius 1 is 1.08 bits per heavy atom. The second-order valence-electron chi connectivity index (χ2n) is 5.29. The normalized spacial score (nSPS) is 10.5. The van der Waals surface area contributed by atoms with Gasteiger partial charge in [0.05, 0.1) is 23.5 Å². The van der Waals surface area contributed by atoms with Gasteiger partial charge in [-0.3, -0.25) is 9.59 Å². The number of ether oxygens (including phenoxy) is 1. The number of carbonyl (C=O) groups excluding carboxylic acids is 2. The highest BCUT2D eigenvalue weighted by atomic mass is 35.5. The number of halogens is 1. The van der Waals surface area contributed by atoms with Crippen LogP contribution in [0.1, 0.15) is 25.3 Å². The van der Waals surface area contributed by atoms with Gasteiger partial charge in [0.1, 0.15) is 5.75 Å². The first-order valence-electron chi connectivity index (χ1n) is 8.18. The predicted octanol–water partition coefficient (Wildman–Crippen LogP) is 3.61. The summed E-state index contributed by atoms with van der Waals surface area (Å²) in [6.07, 6.45) is 1.55. The summed E-state index contributed by atoms with van der Waals surface area (Å²) in [6.45, 7) is 2.43. The third kappa shape index (κ3) is 6.22. The number of nitrogens with one attached hydrogen (secondary N) is 2. The Balaban J connectivity index is 1.78. The van der Waals surface area contributed by atoms with E-state index in [2.05, 4.69) is 15.8 Å². The van der Waals surface area contributed by atoms with Crippen LogP contribution in [0.2, 0.25) is 5.02 Å². The molecule has 2 rings (SSSR count). The van der Waals surface area contributed by atoms with E-state index >= 15 is 0 Å². The summed E-state index contributed by atoms with van der Waals surface area (Å²) in [6, 6.07) is 14.3. The smallest absolute Gasteiger partial charge is 0.240 e. The summed E-state index contributed by atoms with van der Waals surface area (Å²) in [4.78, 5) is 23.7. The molecule has 0 aliphatic heterocycles. The van der Waals surface area contributed by atoms with Crippen molar-refractivity contribution in [3.8, 4) is 5.75 Å². The molecule has 0 radical (unpaired) electrons. The molecule has 2 aromatic rings. The van der Waals surface area contributed by atoms with Crippen LogP contribution < -0.4 is 15.5 Å². The van der Waals surface area contributed by atoms with Gasteiger partial charge < -0.3 is 10.1 Å². The molecule has 6 nitrogen and oxygen atoms in total. The molecule has 2 amide bonds. The average Bonchev–Trinajstić information content (AvgIpc) is 2.63. The van der Waals surface area contributed by atoms with Gasteiger partial charge in [-0.25, -0.2) is 5.43 Å². The predicted molar refractivity (Wildman–Crippen MR) is 103 cm³/mol. The highest BCUT2D eigenvalue weighted by molar-refractivity contribution is 6.33. The molecule has 0 aliphatic carbocycles. The Kier molecular flexibility index (Phi) is 7.64. The molecule has 0 heterocycles. The van der Waals surface area contributed by atoms with Gasteiger partial charge in [0.25, 0.3) is 0 Å². The van der Waals surface area contributed by atoms with Crippen LogP contribution in [0.5, 0.6) is 5.75 Å². The zero-order chi connectivity index (χ0) is 18.8. The number of hydrogen-bond donors (Lipinski definition) is 2. The average molecular weight is 374 g/mol. The number of amides is 2. The summed E-state index contributed by atoms with van der Waals surface area (Å²) in [5.41, 5.74) is 3.67. The topological polar surface area (TPSA) is 79.8 Å². The Morgan fingerprint density at radius 3 is 2.54 bits per heavy atom. The Hall–Kier alpha value is -2.86. The molecule has 0 unspecified atom stereocenters. The summed E-state index contributed by atoms with van der Waals surface area (Å²) < 4.78 is 5.47. The van der Waals surface area contributed by atoms with Crippen LogP contribution in [0.4, 0.5) is 5.69 Å². The molecule has 0 saturated heterocycles. The minimum atomic E-state index is -0.357. The van der Waals surface area contributed by atoms with E-state index < -0.39 is 0 Å². The first-order chi connectivity index (χ1) is 12.6. The Bertz CT molecular complexity index is 793. The van der Waals surface area contributed by atoms with Gasteiger partial charge in [0, 0.05) is 18.4 Å². The first-order valence-corrected chi connectivity index (χ1v) is 8.56. The van der Waals surface area contributed by atoms with Gasteiger partial charge >= 0.3 is 0 Å². The number of hydrogen-bond acceptors (Lipinski definition) is 4. The zero-order valence-corrected chi connectivity index (χ0v) is 15.1. The number of benzene rings is 2. The standard InChI is InChI=1S/C19H20ClN3O3/c1-2-26-17-10-6-3-7-14(17)13-21-23-19(25)12-11-18(24)22-16-9-5-4-8-15(16)20/h3-10,13H,2,11-12H2,1H3,(H,22,24)(H,23,25). The van der Waals surface area contributed by atoms with Gasteiger partial charge in [-0.05, 0) is 31.2 Å². The lowest BCUT2D eigenvalue weighted by Gasteiger charge is -2.07. The minimum Gasteiger partial charge on any atom is -0.493 e. The first kappa shape index (κ1) is 19.5. The van der Waals surface area contributed by atoms with Crippen LogP contribution in [-0.2, 0) is 9.59 Å². The van der Waals surface area contributed by atoms with Gasteiger partial charge in [-0.1, -0.05) is 35.9 Å². The van der Waals surface area contributed by atoms with E-state index in [0.29, 0.717) is 23.1 Å². The second kappa shape index (κ2) is 10.2. The molecule has 2 aromatic carbocycles. The van der Waals surface area contributed by atoms with Crippen LogP contribution in [0.25, 0.3) is 0 Å². The lowest BCUT2D eigenvalue weighted by molar-refractivity contribution is -0.124. The molecule has 136 valence electrons. The fourth-order valence-corrected chi connectivity index (χ4v) is 2.29. The molecule has 7 heteroatoms. The third-order valence-electron chi connectivity index (χ3n) is 3.34. The van der Waals surface area contributed by atoms with Gasteiger partial charge in [-0.2, -0.15) is 5.10 Å². The maximum absolute atomic E-state index is 11.9. The molecule has 0 bridgehead atoms. The van der Waals surface area contributed by atoms with Gasteiger partial charge in [0.2, 0.25) is 11.8 Å². The van der Waals surface area contributed by atoms with Crippen molar-refractivity contribution in [1.82, 2.24) is 5.43 Å². The number of carbonyl (C=O) groups is 2. The quantitative estimate of drug-likeness (QED) is 0.548. The van der Waals surface area contributed by atoms with Gasteiger partial charge in [0.15, 0.2) is 0 Å². The van der Waals surface area contributed by atoms with E-state index in [1.807, 2.05) is 31.2 Å². The molecular weight excluding hydrogens is 354 g/mol. The number of rotatable bonds is 8. The lowest BCUT2D eigenvalue weighted by atomic mass is 10.2. The molecule has 26 heavy (non-hydrogen) atoms. The summed E-state index contributed by atoms with van der Waals surface area (Å²) in [5, 5.41) is 7.01. The van der Waals surface area contributed by atoms with Crippen molar-refractivity contribution in [3.05, 3.63) is 59.1 Å². The number of anilines is 1. The molecule has 0 aromatic heterocycles. The van der Waals surface area contributed by atoms with E-state index in [1.54, 1.807) is 24.3 Å². The summed E-state index contributed by atoms with van der Waals surface area (Å²) in [5.74, 6) is 0.0375. The maximum atomic E-state index is 11.9. The molecule has 0 atom stereocenters. The fourth-order valence-electron chi connectivity index (χ4n) is 2.11. The summed E-state index contributed by atoms with van der Waals surface area (Å²) >= 11 is 5.97. The van der Waals surface area contributed by atoms with Crippen molar-refractivity contribution in [3.63, 3.8) is 0 Å². The van der Waals surface area contributed by atoms with Crippen LogP contribution in [0.15, 0.2) is 53.6 Å². The van der Waals surface area contributed by atoms with E-state index in [1.165, 1.54) is 6.21 Å². The van der Waals surface area contributed by atoms with Crippen molar-refractivity contribution in [2.75, 3.05) is 11.9 Å². The third-order valence-corrected chi connectivity index (χ3v) is 3.67. The SMILES string of the molecule is CCOc1ccccc1C=NNC(=O)CCC(=O)Nc1ccccc1Cl. The maximum Gasteiger partial charge on any atom is 0.240 e. The van der Waals surface area contributed by atoms with E-state index in [9.17, 15) is 9.59 Å². The van der Waals surface area contributed by atoms with Crippen LogP contribution in [0.3, 0.4) is 0 Å². The van der Waals surface area contributed by atoms with Crippen LogP contribution in [-0.4, -0.2) is 24.6 Å². The van der Waals surface area contributed by atoms with Crippen molar-refractivity contribution in [2.45, 2.75) is 19.8 Å². The Morgan fingerprint density at radius 2 is 1.77 bits per heavy atom. The Labute approximate surface area is 157 Å². The van der Waals surface area contributed by atoms with Crippen LogP contribution >= 0.6 is 11.6 Å². The van der Waals surface area contributed by atoms with Gasteiger partial charge in [-0.15, -0.1) is 0 Å². The van der Waals surface area contributed by atoms with Crippen molar-refractivity contribution in [1.29, 1.82) is 0 Å². The largest absolute Gasteiger partial charge is 0.493 e. The highest BCUT2D eigenvalue weighted by Gasteiger charge is 2.08. The van der Waals surface area contributed by atoms with E-state index in [0.717, 1.165) is 5.56 Å². The molecule has 0 spiro atoms. The number of para-hydroxylation sites is 2. The molecule has 0 aliphatic rings. The molecule has 2 N–H and O–H groups in total. The summed E-state index contributed by atoms with van der Waals surface area (Å²) in [7, 11) is 0.